The average Bonchev–Trinajstić information content (AvgIpc) is 2.46. The van der Waals surface area contributed by atoms with E-state index in [2.05, 4.69) is 5.32 Å². The number of hydrogen-bond acceptors (Lipinski definition) is 4. The van der Waals surface area contributed by atoms with Crippen molar-refractivity contribution in [2.24, 2.45) is 0 Å². The largest absolute Gasteiger partial charge is 0.366 e. The van der Waals surface area contributed by atoms with Crippen LogP contribution >= 0.6 is 0 Å². The van der Waals surface area contributed by atoms with E-state index in [0.29, 0.717) is 11.7 Å². The Morgan fingerprint density at radius 3 is 2.55 bits per heavy atom. The van der Waals surface area contributed by atoms with E-state index in [0.717, 1.165) is 31.7 Å². The van der Waals surface area contributed by atoms with Gasteiger partial charge in [-0.2, -0.15) is 4.39 Å². The van der Waals surface area contributed by atoms with Crippen LogP contribution in [-0.2, 0) is 0 Å². The normalized spacial score (nSPS) is 22.6. The van der Waals surface area contributed by atoms with Gasteiger partial charge in [0.1, 0.15) is 5.69 Å². The molecule has 0 atom stereocenters. The van der Waals surface area contributed by atoms with Gasteiger partial charge < -0.3 is 10.2 Å². The van der Waals surface area contributed by atoms with Crippen LogP contribution in [0.15, 0.2) is 18.2 Å². The summed E-state index contributed by atoms with van der Waals surface area (Å²) >= 11 is 0. The molecule has 0 heterocycles. The number of rotatable bonds is 4. The van der Waals surface area contributed by atoms with Crippen LogP contribution < -0.4 is 10.2 Å². The summed E-state index contributed by atoms with van der Waals surface area (Å²) in [5, 5.41) is 14.3. The molecular weight excluding hydrogens is 261 g/mol. The Hall–Kier alpha value is -1.69. The van der Waals surface area contributed by atoms with Gasteiger partial charge in [-0.3, -0.25) is 10.1 Å². The van der Waals surface area contributed by atoms with E-state index in [1.165, 1.54) is 6.07 Å². The first kappa shape index (κ1) is 14.7. The molecule has 0 aromatic heterocycles. The first-order chi connectivity index (χ1) is 9.54. The van der Waals surface area contributed by atoms with Crippen LogP contribution in [0.5, 0.6) is 0 Å². The summed E-state index contributed by atoms with van der Waals surface area (Å²) in [7, 11) is 3.76. The number of nitro groups is 1. The Balaban J connectivity index is 2.20. The summed E-state index contributed by atoms with van der Waals surface area (Å²) in [6, 6.07) is 5.01. The second kappa shape index (κ2) is 6.17. The summed E-state index contributed by atoms with van der Waals surface area (Å²) in [5.41, 5.74) is -0.0614. The smallest absolute Gasteiger partial charge is 0.327 e. The van der Waals surface area contributed by atoms with E-state index >= 15 is 0 Å². The minimum absolute atomic E-state index is 0.222. The van der Waals surface area contributed by atoms with E-state index in [-0.39, 0.29) is 6.04 Å². The Kier molecular flexibility index (Phi) is 4.54. The second-order valence-electron chi connectivity index (χ2n) is 5.27. The van der Waals surface area contributed by atoms with Crippen LogP contribution in [0.1, 0.15) is 25.7 Å². The zero-order chi connectivity index (χ0) is 14.7. The van der Waals surface area contributed by atoms with Crippen LogP contribution in [0.4, 0.5) is 15.8 Å². The molecule has 0 amide bonds. The van der Waals surface area contributed by atoms with Crippen LogP contribution in [0, 0.1) is 15.9 Å². The van der Waals surface area contributed by atoms with Gasteiger partial charge in [0.25, 0.3) is 0 Å². The number of nitrogens with zero attached hydrogens (tertiary/aromatic N) is 2. The van der Waals surface area contributed by atoms with E-state index < -0.39 is 16.4 Å². The molecule has 0 unspecified atom stereocenters. The van der Waals surface area contributed by atoms with Crippen molar-refractivity contribution < 1.29 is 9.31 Å². The monoisotopic (exact) mass is 281 g/mol. The molecule has 0 saturated heterocycles. The highest BCUT2D eigenvalue weighted by atomic mass is 19.1. The second-order valence-corrected chi connectivity index (χ2v) is 5.27. The zero-order valence-corrected chi connectivity index (χ0v) is 11.8. The molecule has 1 aromatic rings. The Labute approximate surface area is 117 Å². The van der Waals surface area contributed by atoms with E-state index in [1.54, 1.807) is 6.07 Å². The van der Waals surface area contributed by atoms with Gasteiger partial charge in [0.15, 0.2) is 0 Å². The van der Waals surface area contributed by atoms with Crippen LogP contribution in [0.2, 0.25) is 0 Å². The Morgan fingerprint density at radius 1 is 1.35 bits per heavy atom. The molecule has 0 aliphatic heterocycles. The number of benzene rings is 1. The molecule has 1 fully saturated rings. The molecule has 1 saturated carbocycles. The fourth-order valence-corrected chi connectivity index (χ4v) is 2.92. The topological polar surface area (TPSA) is 58.4 Å². The molecule has 110 valence electrons. The quantitative estimate of drug-likeness (QED) is 0.681. The van der Waals surface area contributed by atoms with Crippen molar-refractivity contribution in [2.45, 2.75) is 37.8 Å². The molecule has 6 heteroatoms. The van der Waals surface area contributed by atoms with Gasteiger partial charge in [0.05, 0.1) is 4.92 Å². The molecular formula is C14H20FN3O2. The maximum absolute atomic E-state index is 13.7. The molecule has 1 N–H and O–H groups in total. The van der Waals surface area contributed by atoms with Gasteiger partial charge in [-0.15, -0.1) is 0 Å². The lowest BCUT2D eigenvalue weighted by atomic mass is 9.90. The maximum atomic E-state index is 13.7. The highest BCUT2D eigenvalue weighted by molar-refractivity contribution is 5.64. The fraction of sp³-hybridized carbons (Fsp3) is 0.571. The molecule has 1 aliphatic rings. The summed E-state index contributed by atoms with van der Waals surface area (Å²) in [4.78, 5) is 12.3. The van der Waals surface area contributed by atoms with E-state index in [4.69, 9.17) is 0 Å². The van der Waals surface area contributed by atoms with Crippen molar-refractivity contribution in [2.75, 3.05) is 19.0 Å². The van der Waals surface area contributed by atoms with Crippen molar-refractivity contribution in [3.05, 3.63) is 34.1 Å². The molecule has 1 aliphatic carbocycles. The number of para-hydroxylation sites is 1. The molecule has 0 radical (unpaired) electrons. The Morgan fingerprint density at radius 2 is 2.00 bits per heavy atom. The number of halogens is 1. The van der Waals surface area contributed by atoms with Gasteiger partial charge >= 0.3 is 5.69 Å². The molecule has 1 aromatic carbocycles. The molecule has 0 spiro atoms. The van der Waals surface area contributed by atoms with Gasteiger partial charge in [-0.05, 0) is 44.9 Å². The summed E-state index contributed by atoms with van der Waals surface area (Å²) in [6.45, 7) is 0. The third-order valence-corrected chi connectivity index (χ3v) is 4.18. The highest BCUT2D eigenvalue weighted by Gasteiger charge is 2.28. The highest BCUT2D eigenvalue weighted by Crippen LogP contribution is 2.34. The third kappa shape index (κ3) is 2.90. The first-order valence-corrected chi connectivity index (χ1v) is 6.87. The first-order valence-electron chi connectivity index (χ1n) is 6.87. The van der Waals surface area contributed by atoms with Crippen molar-refractivity contribution in [1.29, 1.82) is 0 Å². The number of nitrogens with one attached hydrogen (secondary N) is 1. The molecule has 2 rings (SSSR count). The molecule has 5 nitrogen and oxygen atoms in total. The maximum Gasteiger partial charge on any atom is 0.327 e. The fourth-order valence-electron chi connectivity index (χ4n) is 2.92. The predicted molar refractivity (Wildman–Crippen MR) is 76.6 cm³/mol. The van der Waals surface area contributed by atoms with Gasteiger partial charge in [0, 0.05) is 19.1 Å². The summed E-state index contributed by atoms with van der Waals surface area (Å²) in [6.07, 6.45) is 3.98. The minimum Gasteiger partial charge on any atom is -0.366 e. The van der Waals surface area contributed by atoms with Crippen LogP contribution in [0.3, 0.4) is 0 Å². The zero-order valence-electron chi connectivity index (χ0n) is 11.8. The molecule has 0 bridgehead atoms. The van der Waals surface area contributed by atoms with Crippen molar-refractivity contribution >= 4 is 11.4 Å². The lowest BCUT2D eigenvalue weighted by molar-refractivity contribution is -0.386. The number of nitro benzene ring substituents is 1. The predicted octanol–water partition coefficient (Wildman–Crippen LogP) is 2.70. The average molecular weight is 281 g/mol. The summed E-state index contributed by atoms with van der Waals surface area (Å²) in [5.74, 6) is -0.775. The number of hydrogen-bond donors (Lipinski definition) is 1. The number of anilines is 1. The van der Waals surface area contributed by atoms with Gasteiger partial charge in [-0.25, -0.2) is 0 Å². The summed E-state index contributed by atoms with van der Waals surface area (Å²) < 4.78 is 13.7. The standard InChI is InChI=1S/C14H20FN3O2/c1-16-10-6-8-11(9-7-10)17(2)13-5-3-4-12(15)14(13)18(19)20/h3-5,10-11,16H,6-9H2,1-2H3. The van der Waals surface area contributed by atoms with E-state index in [9.17, 15) is 14.5 Å². The lowest BCUT2D eigenvalue weighted by Crippen LogP contribution is -2.40. The Bertz CT molecular complexity index is 487. The lowest BCUT2D eigenvalue weighted by Gasteiger charge is -2.35. The third-order valence-electron chi connectivity index (χ3n) is 4.18. The van der Waals surface area contributed by atoms with Gasteiger partial charge in [-0.1, -0.05) is 6.07 Å². The minimum atomic E-state index is -0.775. The SMILES string of the molecule is CNC1CCC(N(C)c2cccc(F)c2[N+](=O)[O-])CC1. The van der Waals surface area contributed by atoms with Crippen molar-refractivity contribution in [1.82, 2.24) is 5.32 Å². The van der Waals surface area contributed by atoms with Crippen LogP contribution in [-0.4, -0.2) is 31.1 Å². The van der Waals surface area contributed by atoms with Gasteiger partial charge in [0.2, 0.25) is 5.82 Å². The van der Waals surface area contributed by atoms with E-state index in [1.807, 2.05) is 19.0 Å². The van der Waals surface area contributed by atoms with Crippen LogP contribution in [0.25, 0.3) is 0 Å². The molecule has 20 heavy (non-hydrogen) atoms. The van der Waals surface area contributed by atoms with Crippen molar-refractivity contribution in [3.63, 3.8) is 0 Å². The van der Waals surface area contributed by atoms with Crippen molar-refractivity contribution in [3.8, 4) is 0 Å².